The fourth-order valence-corrected chi connectivity index (χ4v) is 3.39. The number of carbonyl (C=O) groups is 1. The number of aromatic hydroxyl groups is 1. The minimum atomic E-state index is -0.473. The first-order valence-electron chi connectivity index (χ1n) is 7.52. The standard InChI is InChI=1S/C16H19N3O3S/c1-3-10-4-5-13-12(6-10)15(18-17-14(20)7-22-2)16(21)19(13)11-8-23-9-11/h4-6,11,21H,3,7-9H2,1-2H3. The highest BCUT2D eigenvalue weighted by Crippen LogP contribution is 2.44. The van der Waals surface area contributed by atoms with Gasteiger partial charge >= 0.3 is 0 Å². The van der Waals surface area contributed by atoms with Crippen LogP contribution in [0.4, 0.5) is 5.69 Å². The van der Waals surface area contributed by atoms with E-state index in [1.807, 2.05) is 28.5 Å². The Hall–Kier alpha value is -1.86. The Labute approximate surface area is 138 Å². The van der Waals surface area contributed by atoms with Crippen LogP contribution >= 0.6 is 11.8 Å². The number of methoxy groups -OCH3 is 1. The van der Waals surface area contributed by atoms with E-state index in [1.54, 1.807) is 0 Å². The van der Waals surface area contributed by atoms with Gasteiger partial charge in [-0.25, -0.2) is 0 Å². The van der Waals surface area contributed by atoms with Crippen molar-refractivity contribution in [3.8, 4) is 5.88 Å². The molecular formula is C16H19N3O3S. The molecule has 1 aliphatic heterocycles. The first-order chi connectivity index (χ1) is 11.2. The molecule has 1 aromatic carbocycles. The first-order valence-corrected chi connectivity index (χ1v) is 8.68. The van der Waals surface area contributed by atoms with Crippen LogP contribution in [0.25, 0.3) is 10.9 Å². The van der Waals surface area contributed by atoms with Crippen molar-refractivity contribution in [2.24, 2.45) is 10.2 Å². The SMILES string of the molecule is CCc1ccc2c(c1)c(N=NC(=O)COC)c(O)n2C1CSC1. The summed E-state index contributed by atoms with van der Waals surface area (Å²) in [5, 5.41) is 19.1. The third kappa shape index (κ3) is 2.98. The molecule has 0 aliphatic carbocycles. The van der Waals surface area contributed by atoms with E-state index >= 15 is 0 Å². The number of rotatable bonds is 5. The number of fused-ring (bicyclic) bond motifs is 1. The van der Waals surface area contributed by atoms with Gasteiger partial charge in [-0.3, -0.25) is 4.79 Å². The molecule has 0 saturated carbocycles. The molecule has 0 bridgehead atoms. The Morgan fingerprint density at radius 2 is 2.26 bits per heavy atom. The number of hydrogen-bond acceptors (Lipinski definition) is 5. The van der Waals surface area contributed by atoms with Crippen LogP contribution in [0.2, 0.25) is 0 Å². The topological polar surface area (TPSA) is 76.2 Å². The maximum Gasteiger partial charge on any atom is 0.290 e. The Kier molecular flexibility index (Phi) is 4.68. The van der Waals surface area contributed by atoms with E-state index in [-0.39, 0.29) is 18.5 Å². The number of aromatic nitrogens is 1. The van der Waals surface area contributed by atoms with Crippen LogP contribution in [0.15, 0.2) is 28.4 Å². The van der Waals surface area contributed by atoms with E-state index in [4.69, 9.17) is 4.74 Å². The van der Waals surface area contributed by atoms with Crippen molar-refractivity contribution in [2.75, 3.05) is 25.2 Å². The second kappa shape index (κ2) is 6.72. The third-order valence-corrected chi connectivity index (χ3v) is 5.18. The zero-order chi connectivity index (χ0) is 16.4. The highest BCUT2D eigenvalue weighted by Gasteiger charge is 2.27. The van der Waals surface area contributed by atoms with Crippen molar-refractivity contribution < 1.29 is 14.6 Å². The summed E-state index contributed by atoms with van der Waals surface area (Å²) >= 11 is 1.84. The number of nitrogens with zero attached hydrogens (tertiary/aromatic N) is 3. The summed E-state index contributed by atoms with van der Waals surface area (Å²) in [5.74, 6) is 1.53. The number of hydrogen-bond donors (Lipinski definition) is 1. The van der Waals surface area contributed by atoms with Crippen LogP contribution < -0.4 is 0 Å². The predicted octanol–water partition coefficient (Wildman–Crippen LogP) is 3.45. The van der Waals surface area contributed by atoms with Gasteiger partial charge in [0.1, 0.15) is 6.61 Å². The summed E-state index contributed by atoms with van der Waals surface area (Å²) in [4.78, 5) is 11.5. The monoisotopic (exact) mass is 333 g/mol. The second-order valence-corrected chi connectivity index (χ2v) is 6.54. The van der Waals surface area contributed by atoms with Gasteiger partial charge in [0.05, 0.1) is 11.6 Å². The smallest absolute Gasteiger partial charge is 0.290 e. The molecule has 2 aromatic rings. The molecule has 1 aromatic heterocycles. The average molecular weight is 333 g/mol. The largest absolute Gasteiger partial charge is 0.493 e. The van der Waals surface area contributed by atoms with E-state index in [0.29, 0.717) is 5.69 Å². The first kappa shape index (κ1) is 16.0. The molecule has 0 spiro atoms. The number of ether oxygens (including phenoxy) is 1. The highest BCUT2D eigenvalue weighted by atomic mass is 32.2. The molecule has 1 N–H and O–H groups in total. The Bertz CT molecular complexity index is 766. The summed E-state index contributed by atoms with van der Waals surface area (Å²) in [6.07, 6.45) is 0.889. The normalized spacial score (nSPS) is 15.4. The molecule has 1 fully saturated rings. The fraction of sp³-hybridized carbons (Fsp3) is 0.438. The van der Waals surface area contributed by atoms with Crippen LogP contribution in [-0.2, 0) is 16.0 Å². The summed E-state index contributed by atoms with van der Waals surface area (Å²) in [7, 11) is 1.43. The Balaban J connectivity index is 2.10. The lowest BCUT2D eigenvalue weighted by atomic mass is 10.1. The number of aryl methyl sites for hydroxylation is 1. The van der Waals surface area contributed by atoms with Gasteiger partial charge < -0.3 is 14.4 Å². The molecule has 1 saturated heterocycles. The summed E-state index contributed by atoms with van der Waals surface area (Å²) in [6.45, 7) is 1.95. The molecule has 0 unspecified atom stereocenters. The molecule has 23 heavy (non-hydrogen) atoms. The zero-order valence-electron chi connectivity index (χ0n) is 13.2. The fourth-order valence-electron chi connectivity index (χ4n) is 2.65. The van der Waals surface area contributed by atoms with Crippen LogP contribution in [0.1, 0.15) is 18.5 Å². The van der Waals surface area contributed by atoms with E-state index in [9.17, 15) is 9.90 Å². The van der Waals surface area contributed by atoms with Crippen LogP contribution in [0.5, 0.6) is 5.88 Å². The van der Waals surface area contributed by atoms with Crippen molar-refractivity contribution >= 4 is 34.3 Å². The molecule has 0 atom stereocenters. The van der Waals surface area contributed by atoms with Gasteiger partial charge in [-0.15, -0.1) is 10.2 Å². The predicted molar refractivity (Wildman–Crippen MR) is 90.7 cm³/mol. The second-order valence-electron chi connectivity index (χ2n) is 5.47. The third-order valence-electron chi connectivity index (χ3n) is 3.94. The Morgan fingerprint density at radius 1 is 1.48 bits per heavy atom. The minimum Gasteiger partial charge on any atom is -0.493 e. The number of benzene rings is 1. The van der Waals surface area contributed by atoms with Gasteiger partial charge in [0.2, 0.25) is 5.88 Å². The summed E-state index contributed by atoms with van der Waals surface area (Å²) in [6, 6.07) is 6.33. The van der Waals surface area contributed by atoms with Crippen LogP contribution in [0.3, 0.4) is 0 Å². The van der Waals surface area contributed by atoms with Crippen molar-refractivity contribution in [2.45, 2.75) is 19.4 Å². The number of carbonyl (C=O) groups excluding carboxylic acids is 1. The van der Waals surface area contributed by atoms with Crippen LogP contribution in [0, 0.1) is 0 Å². The molecule has 3 rings (SSSR count). The lowest BCUT2D eigenvalue weighted by Crippen LogP contribution is -2.22. The van der Waals surface area contributed by atoms with Crippen molar-refractivity contribution in [1.29, 1.82) is 0 Å². The quantitative estimate of drug-likeness (QED) is 0.850. The molecule has 1 amide bonds. The molecule has 6 nitrogen and oxygen atoms in total. The number of azo groups is 1. The lowest BCUT2D eigenvalue weighted by Gasteiger charge is -2.27. The molecule has 122 valence electrons. The van der Waals surface area contributed by atoms with Gasteiger partial charge in [0.15, 0.2) is 5.69 Å². The molecule has 0 radical (unpaired) electrons. The molecule has 2 heterocycles. The molecular weight excluding hydrogens is 314 g/mol. The number of amides is 1. The van der Waals surface area contributed by atoms with Crippen LogP contribution in [-0.4, -0.2) is 40.8 Å². The number of thioether (sulfide) groups is 1. The van der Waals surface area contributed by atoms with Crippen molar-refractivity contribution in [3.63, 3.8) is 0 Å². The highest BCUT2D eigenvalue weighted by molar-refractivity contribution is 8.00. The summed E-state index contributed by atoms with van der Waals surface area (Å²) < 4.78 is 6.65. The zero-order valence-corrected chi connectivity index (χ0v) is 14.0. The minimum absolute atomic E-state index is 0.0764. The molecule has 1 aliphatic rings. The van der Waals surface area contributed by atoms with Gasteiger partial charge in [-0.2, -0.15) is 11.8 Å². The van der Waals surface area contributed by atoms with E-state index < -0.39 is 5.91 Å². The van der Waals surface area contributed by atoms with E-state index in [0.717, 1.165) is 34.4 Å². The van der Waals surface area contributed by atoms with Gasteiger partial charge in [-0.1, -0.05) is 13.0 Å². The van der Waals surface area contributed by atoms with E-state index in [1.165, 1.54) is 7.11 Å². The average Bonchev–Trinajstić information content (AvgIpc) is 2.76. The Morgan fingerprint density at radius 3 is 2.87 bits per heavy atom. The maximum atomic E-state index is 11.5. The van der Waals surface area contributed by atoms with Gasteiger partial charge in [-0.05, 0) is 24.1 Å². The van der Waals surface area contributed by atoms with Gasteiger partial charge in [0.25, 0.3) is 5.91 Å². The van der Waals surface area contributed by atoms with Gasteiger partial charge in [0, 0.05) is 24.0 Å². The van der Waals surface area contributed by atoms with Crippen molar-refractivity contribution in [1.82, 2.24) is 4.57 Å². The maximum absolute atomic E-state index is 11.5. The van der Waals surface area contributed by atoms with Crippen molar-refractivity contribution in [3.05, 3.63) is 23.8 Å². The summed E-state index contributed by atoms with van der Waals surface area (Å²) in [5.41, 5.74) is 2.44. The molecule has 7 heteroatoms. The lowest BCUT2D eigenvalue weighted by molar-refractivity contribution is -0.121. The van der Waals surface area contributed by atoms with E-state index in [2.05, 4.69) is 23.2 Å².